The van der Waals surface area contributed by atoms with Gasteiger partial charge in [0.15, 0.2) is 5.41 Å². The Morgan fingerprint density at radius 1 is 0.198 bits per heavy atom. The number of benzene rings is 26. The summed E-state index contributed by atoms with van der Waals surface area (Å²) in [5, 5.41) is 93.0. The molecule has 101 heavy (non-hydrogen) atoms. The van der Waals surface area contributed by atoms with Crippen LogP contribution in [-0.4, -0.2) is 11.9 Å². The molecule has 41 rings (SSSR count). The Kier molecular flexibility index (Phi) is 4.29. The summed E-state index contributed by atoms with van der Waals surface area (Å²) in [6.45, 7) is 0.00427. The maximum Gasteiger partial charge on any atom is 0.326 e. The predicted molar refractivity (Wildman–Crippen MR) is 416 cm³/mol. The van der Waals surface area contributed by atoms with Gasteiger partial charge in [-0.25, -0.2) is 0 Å². The molecular weight excluding hydrogens is 1230 g/mol. The smallest absolute Gasteiger partial charge is 0.326 e. The first kappa shape index (κ1) is 41.5. The zero-order valence-electron chi connectivity index (χ0n) is 51.9. The number of carbonyl (C=O) groups excluding carboxylic acids is 2. The van der Waals surface area contributed by atoms with Gasteiger partial charge in [-0.2, -0.15) is 0 Å². The van der Waals surface area contributed by atoms with Crippen molar-refractivity contribution < 1.29 is 19.1 Å². The topological polar surface area (TPSA) is 52.6 Å². The van der Waals surface area contributed by atoms with Crippen LogP contribution in [0.1, 0.15) is 33.4 Å². The summed E-state index contributed by atoms with van der Waals surface area (Å²) in [7, 11) is 0. The van der Waals surface area contributed by atoms with E-state index in [2.05, 4.69) is 109 Å². The number of rotatable bonds is 6. The van der Waals surface area contributed by atoms with Crippen molar-refractivity contribution in [1.82, 2.24) is 0 Å². The Balaban J connectivity index is 0.767. The van der Waals surface area contributed by atoms with Crippen LogP contribution in [0.4, 0.5) is 0 Å². The first-order valence-electron chi connectivity index (χ1n) is 36.6. The molecule has 0 amide bonds. The molecule has 36 aromatic rings. The molecule has 0 aromatic heterocycles. The van der Waals surface area contributed by atoms with Crippen molar-refractivity contribution >= 4 is 367 Å². The average molecular weight is 1250 g/mol. The maximum absolute atomic E-state index is 18.6. The maximum atomic E-state index is 18.6. The molecule has 1 fully saturated rings. The summed E-state index contributed by atoms with van der Waals surface area (Å²) >= 11 is 0. The van der Waals surface area contributed by atoms with E-state index in [0.29, 0.717) is 0 Å². The van der Waals surface area contributed by atoms with Crippen LogP contribution in [0.25, 0.3) is 355 Å². The van der Waals surface area contributed by atoms with E-state index in [9.17, 15) is 0 Å². The van der Waals surface area contributed by atoms with Crippen molar-refractivity contribution in [2.75, 3.05) is 0 Å². The Morgan fingerprint density at radius 2 is 0.376 bits per heavy atom. The van der Waals surface area contributed by atoms with Gasteiger partial charge in [-0.1, -0.05) is 109 Å². The van der Waals surface area contributed by atoms with E-state index in [4.69, 9.17) is 9.47 Å². The van der Waals surface area contributed by atoms with E-state index in [1.165, 1.54) is 302 Å². The Labute approximate surface area is 554 Å². The van der Waals surface area contributed by atoms with Gasteiger partial charge in [0.05, 0.1) is 10.8 Å². The molecule has 0 bridgehead atoms. The van der Waals surface area contributed by atoms with Crippen LogP contribution in [0.2, 0.25) is 0 Å². The molecule has 434 valence electrons. The van der Waals surface area contributed by atoms with Crippen LogP contribution >= 0.6 is 0 Å². The predicted octanol–water partition coefficient (Wildman–Crippen LogP) is 24.6. The molecule has 0 atom stereocenters. The lowest BCUT2D eigenvalue weighted by molar-refractivity contribution is -0.168. The second-order valence-corrected chi connectivity index (χ2v) is 34.3. The highest BCUT2D eigenvalue weighted by Gasteiger charge is 3.01. The summed E-state index contributed by atoms with van der Waals surface area (Å²) in [6, 6.07) is 39.9. The minimum atomic E-state index is -1.92. The molecule has 0 aliphatic heterocycles. The third-order valence-corrected chi connectivity index (χ3v) is 32.9. The van der Waals surface area contributed by atoms with Crippen LogP contribution < -0.4 is 0 Å². The highest BCUT2D eigenvalue weighted by atomic mass is 16.6. The van der Waals surface area contributed by atoms with Gasteiger partial charge in [-0.15, -0.1) is 0 Å². The lowest BCUT2D eigenvalue weighted by Gasteiger charge is -2.32. The average Bonchev–Trinajstić information content (AvgIpc) is 1.35. The summed E-state index contributed by atoms with van der Waals surface area (Å²) in [4.78, 5) is 37.3. The van der Waals surface area contributed by atoms with Crippen LogP contribution in [-0.2, 0) is 43.1 Å². The Morgan fingerprint density at radius 3 is 0.594 bits per heavy atom. The molecular formula is C97H22O4. The third-order valence-electron chi connectivity index (χ3n) is 32.9. The summed E-state index contributed by atoms with van der Waals surface area (Å²) in [5.74, 6) is -0.892. The summed E-state index contributed by atoms with van der Waals surface area (Å²) in [6.07, 6.45) is 0. The molecule has 0 saturated heterocycles. The molecule has 0 unspecified atom stereocenters. The molecule has 0 radical (unpaired) electrons. The van der Waals surface area contributed by atoms with E-state index in [0.717, 1.165) is 32.7 Å². The van der Waals surface area contributed by atoms with Gasteiger partial charge in [0.2, 0.25) is 0 Å². The molecule has 2 spiro atoms. The minimum absolute atomic E-state index is 0.00213. The quantitative estimate of drug-likeness (QED) is 0.0946. The fourth-order valence-electron chi connectivity index (χ4n) is 31.6. The lowest BCUT2D eigenvalue weighted by Crippen LogP contribution is -2.38. The fraction of sp³-hybridized carbons (Fsp3) is 0.0515. The number of ether oxygens (including phenoxy) is 2. The van der Waals surface area contributed by atoms with Crippen molar-refractivity contribution in [3.8, 4) is 0 Å². The van der Waals surface area contributed by atoms with Gasteiger partial charge in [0, 0.05) is 0 Å². The number of hydrogen-bond donors (Lipinski definition) is 0. The van der Waals surface area contributed by atoms with Crippen molar-refractivity contribution in [1.29, 1.82) is 0 Å². The minimum Gasteiger partial charge on any atom is -0.460 e. The molecule has 0 N–H and O–H groups in total. The van der Waals surface area contributed by atoms with Gasteiger partial charge >= 0.3 is 11.9 Å². The third kappa shape index (κ3) is 2.66. The zero-order chi connectivity index (χ0) is 61.8. The van der Waals surface area contributed by atoms with Gasteiger partial charge in [-0.3, -0.25) is 9.59 Å². The van der Waals surface area contributed by atoms with Crippen LogP contribution in [0.3, 0.4) is 0 Å². The second kappa shape index (κ2) is 10.4. The number of esters is 2. The molecule has 0 heterocycles. The van der Waals surface area contributed by atoms with Crippen LogP contribution in [0.15, 0.2) is 109 Å². The highest BCUT2D eigenvalue weighted by Crippen LogP contribution is 2.97. The van der Waals surface area contributed by atoms with Gasteiger partial charge in [0.1, 0.15) is 13.2 Å². The van der Waals surface area contributed by atoms with E-state index in [1.54, 1.807) is 53.9 Å². The zero-order valence-corrected chi connectivity index (χ0v) is 51.9. The normalized spacial score (nSPS) is 17.9. The van der Waals surface area contributed by atoms with E-state index < -0.39 is 28.2 Å². The summed E-state index contributed by atoms with van der Waals surface area (Å²) in [5.41, 5.74) is 2.44. The SMILES string of the molecule is O=C(OCc1ccc2ccc3cccc4ccc1c2c34)C1(C(=O)OCc2ccc3ccc4cccc5ccc2c3c45)C23c4c5c6c7c8c9c(c%10c%11c2c2c4c4c%12c5c5c6c6c8c8c%13c9c9c%10c%10c%11c%11c2c2c4c4c%12c%12c5c5c6c8c6c8c%13c9c9c%10c%10c%11c2c2c4c4c%12c5c6c5c8c9c%10c2c45)C713. The van der Waals surface area contributed by atoms with Crippen molar-refractivity contribution in [3.05, 3.63) is 143 Å². The number of hydrogen-bond acceptors (Lipinski definition) is 4. The van der Waals surface area contributed by atoms with Gasteiger partial charge in [-0.05, 0) is 389 Å². The monoisotopic (exact) mass is 1250 g/mol. The van der Waals surface area contributed by atoms with Crippen LogP contribution in [0.5, 0.6) is 0 Å². The van der Waals surface area contributed by atoms with Gasteiger partial charge < -0.3 is 9.47 Å². The fourth-order valence-corrected chi connectivity index (χ4v) is 31.6. The van der Waals surface area contributed by atoms with Gasteiger partial charge in [0.25, 0.3) is 0 Å². The first-order chi connectivity index (χ1) is 50.1. The Bertz CT molecular complexity index is 9470. The first-order valence-corrected chi connectivity index (χ1v) is 36.6. The molecule has 36 aromatic carbocycles. The van der Waals surface area contributed by atoms with E-state index >= 15 is 9.59 Å². The largest absolute Gasteiger partial charge is 0.460 e. The highest BCUT2D eigenvalue weighted by molar-refractivity contribution is 6.83. The molecule has 1 saturated carbocycles. The molecule has 4 nitrogen and oxygen atoms in total. The van der Waals surface area contributed by atoms with Crippen LogP contribution in [0, 0.1) is 5.41 Å². The van der Waals surface area contributed by atoms with Crippen molar-refractivity contribution in [2.24, 2.45) is 5.41 Å². The summed E-state index contributed by atoms with van der Waals surface area (Å²) < 4.78 is 15.3. The Hall–Kier alpha value is -12.8. The molecule has 4 heteroatoms. The molecule has 5 aliphatic rings. The van der Waals surface area contributed by atoms with E-state index in [-0.39, 0.29) is 13.2 Å². The van der Waals surface area contributed by atoms with Crippen molar-refractivity contribution in [3.63, 3.8) is 0 Å². The number of carbonyl (C=O) groups is 2. The molecule has 5 aliphatic carbocycles. The van der Waals surface area contributed by atoms with E-state index in [1.807, 2.05) is 0 Å². The van der Waals surface area contributed by atoms with Crippen molar-refractivity contribution in [2.45, 2.75) is 24.0 Å². The second-order valence-electron chi connectivity index (χ2n) is 34.3. The lowest BCUT2D eigenvalue weighted by atomic mass is 9.68. The standard InChI is InChI=1S/C97H22O4/c98-93(100-19-27-13-11-25-9-7-21-3-1-5-23-15-17-29(27)33(25)31(21)23)97(94(99)101-20-28-14-12-26-10-8-22-4-2-6-24-16-18-30(28)34(26)32(22)24)95-89-81-73-63-53-45-37-35-36-39-43-41(37)49-57-51(43)61-55-47(39)48-40(36)44-42-38(35)46(45)54-60-50(42)58-52(44)62-56(48)66-65(55)75-69(61)79-71(57)77(67(73)59(49)53)85(89)87(79)91-83(75)84-76(66)70(62)80-72(58)78-68(60)74(64(54)63)82(81)90(95)86(78)88(80)92(84)96(91,95)97/h1-18H,19-20H2.